The lowest BCUT2D eigenvalue weighted by atomic mass is 9.90. The van der Waals surface area contributed by atoms with Gasteiger partial charge in [0.1, 0.15) is 5.75 Å². The molecule has 0 aromatic heterocycles. The number of ether oxygens (including phenoxy) is 1. The summed E-state index contributed by atoms with van der Waals surface area (Å²) < 4.78 is 5.41. The normalized spacial score (nSPS) is 10.7. The highest BCUT2D eigenvalue weighted by molar-refractivity contribution is 7.99. The first kappa shape index (κ1) is 20.4. The van der Waals surface area contributed by atoms with E-state index in [1.54, 1.807) is 11.8 Å². The predicted octanol–water partition coefficient (Wildman–Crippen LogP) is 5.50. The first-order chi connectivity index (χ1) is 12.3. The SMILES string of the molecule is CCOc1ccc(NC(=O)CSCc2c(C)c(C)c(C)c(C)c2C)cc1. The zero-order valence-electron chi connectivity index (χ0n) is 16.7. The van der Waals surface area contributed by atoms with Crippen LogP contribution in [-0.2, 0) is 10.5 Å². The molecular formula is C22H29NO2S. The maximum Gasteiger partial charge on any atom is 0.234 e. The van der Waals surface area contributed by atoms with Crippen LogP contribution in [0.1, 0.15) is 40.3 Å². The molecule has 4 heteroatoms. The Morgan fingerprint density at radius 2 is 1.46 bits per heavy atom. The molecule has 3 nitrogen and oxygen atoms in total. The van der Waals surface area contributed by atoms with Crippen molar-refractivity contribution >= 4 is 23.4 Å². The number of hydrogen-bond donors (Lipinski definition) is 1. The Kier molecular flexibility index (Phi) is 7.15. The molecule has 0 aliphatic rings. The Morgan fingerprint density at radius 1 is 0.923 bits per heavy atom. The summed E-state index contributed by atoms with van der Waals surface area (Å²) in [4.78, 5) is 12.2. The molecule has 0 bridgehead atoms. The van der Waals surface area contributed by atoms with Crippen LogP contribution in [0.5, 0.6) is 5.75 Å². The fourth-order valence-corrected chi connectivity index (χ4v) is 4.03. The number of hydrogen-bond acceptors (Lipinski definition) is 3. The average Bonchev–Trinajstić information content (AvgIpc) is 2.63. The lowest BCUT2D eigenvalue weighted by molar-refractivity contribution is -0.113. The van der Waals surface area contributed by atoms with Gasteiger partial charge in [0.05, 0.1) is 12.4 Å². The van der Waals surface area contributed by atoms with Gasteiger partial charge >= 0.3 is 0 Å². The van der Waals surface area contributed by atoms with Crippen LogP contribution in [0, 0.1) is 34.6 Å². The topological polar surface area (TPSA) is 38.3 Å². The molecule has 0 atom stereocenters. The highest BCUT2D eigenvalue weighted by atomic mass is 32.2. The standard InChI is InChI=1S/C22H29NO2S/c1-7-25-20-10-8-19(9-11-20)23-22(24)13-26-12-21-17(5)15(3)14(2)16(4)18(21)6/h8-11H,7,12-13H2,1-6H3,(H,23,24). The third-order valence-electron chi connectivity index (χ3n) is 5.08. The van der Waals surface area contributed by atoms with Gasteiger partial charge in [-0.15, -0.1) is 11.8 Å². The van der Waals surface area contributed by atoms with Gasteiger partial charge in [0.25, 0.3) is 0 Å². The fraction of sp³-hybridized carbons (Fsp3) is 0.409. The third-order valence-corrected chi connectivity index (χ3v) is 6.04. The van der Waals surface area contributed by atoms with E-state index >= 15 is 0 Å². The van der Waals surface area contributed by atoms with Crippen LogP contribution < -0.4 is 10.1 Å². The van der Waals surface area contributed by atoms with E-state index in [4.69, 9.17) is 4.74 Å². The maximum atomic E-state index is 12.2. The minimum Gasteiger partial charge on any atom is -0.494 e. The largest absolute Gasteiger partial charge is 0.494 e. The molecule has 1 amide bonds. The Balaban J connectivity index is 1.93. The van der Waals surface area contributed by atoms with Crippen LogP contribution in [0.25, 0.3) is 0 Å². The summed E-state index contributed by atoms with van der Waals surface area (Å²) in [6.07, 6.45) is 0. The van der Waals surface area contributed by atoms with Crippen molar-refractivity contribution in [1.82, 2.24) is 0 Å². The van der Waals surface area contributed by atoms with Crippen molar-refractivity contribution < 1.29 is 9.53 Å². The summed E-state index contributed by atoms with van der Waals surface area (Å²) >= 11 is 1.66. The lowest BCUT2D eigenvalue weighted by Gasteiger charge is -2.18. The number of amides is 1. The molecule has 2 aromatic carbocycles. The van der Waals surface area contributed by atoms with Crippen LogP contribution in [-0.4, -0.2) is 18.3 Å². The van der Waals surface area contributed by atoms with E-state index in [1.807, 2.05) is 31.2 Å². The van der Waals surface area contributed by atoms with Gasteiger partial charge in [0.2, 0.25) is 5.91 Å². The second kappa shape index (κ2) is 9.13. The van der Waals surface area contributed by atoms with Gasteiger partial charge < -0.3 is 10.1 Å². The van der Waals surface area contributed by atoms with E-state index in [0.29, 0.717) is 12.4 Å². The third kappa shape index (κ3) is 4.82. The quantitative estimate of drug-likeness (QED) is 0.698. The van der Waals surface area contributed by atoms with Crippen molar-refractivity contribution in [3.05, 3.63) is 57.6 Å². The second-order valence-corrected chi connectivity index (χ2v) is 7.59. The molecule has 0 saturated heterocycles. The van der Waals surface area contributed by atoms with Crippen molar-refractivity contribution in [2.45, 2.75) is 47.3 Å². The predicted molar refractivity (Wildman–Crippen MR) is 113 cm³/mol. The van der Waals surface area contributed by atoms with Crippen LogP contribution in [0.4, 0.5) is 5.69 Å². The van der Waals surface area contributed by atoms with Gasteiger partial charge in [-0.05, 0) is 99.2 Å². The van der Waals surface area contributed by atoms with E-state index in [9.17, 15) is 4.79 Å². The number of nitrogens with one attached hydrogen (secondary N) is 1. The fourth-order valence-electron chi connectivity index (χ4n) is 3.04. The smallest absolute Gasteiger partial charge is 0.234 e. The highest BCUT2D eigenvalue weighted by Crippen LogP contribution is 2.29. The summed E-state index contributed by atoms with van der Waals surface area (Å²) in [7, 11) is 0. The molecule has 0 fully saturated rings. The van der Waals surface area contributed by atoms with Crippen LogP contribution in [0.3, 0.4) is 0 Å². The molecule has 0 saturated carbocycles. The summed E-state index contributed by atoms with van der Waals surface area (Å²) in [6.45, 7) is 13.5. The van der Waals surface area contributed by atoms with Gasteiger partial charge in [-0.3, -0.25) is 4.79 Å². The number of rotatable bonds is 7. The summed E-state index contributed by atoms with van der Waals surface area (Å²) in [5, 5.41) is 2.94. The molecule has 2 rings (SSSR count). The van der Waals surface area contributed by atoms with Crippen molar-refractivity contribution in [2.75, 3.05) is 17.7 Å². The Hall–Kier alpha value is -1.94. The van der Waals surface area contributed by atoms with Gasteiger partial charge in [-0.1, -0.05) is 0 Å². The average molecular weight is 372 g/mol. The molecule has 1 N–H and O–H groups in total. The zero-order chi connectivity index (χ0) is 19.3. The van der Waals surface area contributed by atoms with E-state index in [2.05, 4.69) is 39.9 Å². The van der Waals surface area contributed by atoms with E-state index in [1.165, 1.54) is 33.4 Å². The molecule has 0 radical (unpaired) electrons. The van der Waals surface area contributed by atoms with Crippen LogP contribution in [0.15, 0.2) is 24.3 Å². The number of anilines is 1. The zero-order valence-corrected chi connectivity index (χ0v) is 17.5. The monoisotopic (exact) mass is 371 g/mol. The van der Waals surface area contributed by atoms with Crippen LogP contribution >= 0.6 is 11.8 Å². The Labute approximate surface area is 161 Å². The second-order valence-electron chi connectivity index (χ2n) is 6.60. The summed E-state index contributed by atoms with van der Waals surface area (Å²) in [6, 6.07) is 7.48. The molecule has 0 heterocycles. The Morgan fingerprint density at radius 3 is 2.00 bits per heavy atom. The van der Waals surface area contributed by atoms with Gasteiger partial charge in [-0.2, -0.15) is 0 Å². The number of benzene rings is 2. The molecular weight excluding hydrogens is 342 g/mol. The first-order valence-electron chi connectivity index (χ1n) is 9.01. The van der Waals surface area contributed by atoms with E-state index in [-0.39, 0.29) is 5.91 Å². The Bertz CT molecular complexity index is 753. The minimum absolute atomic E-state index is 0.0232. The molecule has 2 aromatic rings. The maximum absolute atomic E-state index is 12.2. The van der Waals surface area contributed by atoms with Crippen molar-refractivity contribution in [3.63, 3.8) is 0 Å². The first-order valence-corrected chi connectivity index (χ1v) is 10.2. The van der Waals surface area contributed by atoms with Crippen molar-refractivity contribution in [1.29, 1.82) is 0 Å². The number of carbonyl (C=O) groups excluding carboxylic acids is 1. The molecule has 0 unspecified atom stereocenters. The minimum atomic E-state index is 0.0232. The highest BCUT2D eigenvalue weighted by Gasteiger charge is 2.13. The molecule has 0 spiro atoms. The molecule has 26 heavy (non-hydrogen) atoms. The number of thioether (sulfide) groups is 1. The van der Waals surface area contributed by atoms with Crippen molar-refractivity contribution in [3.8, 4) is 5.75 Å². The summed E-state index contributed by atoms with van der Waals surface area (Å²) in [5.41, 5.74) is 8.97. The molecule has 0 aliphatic heterocycles. The van der Waals surface area contributed by atoms with Crippen molar-refractivity contribution in [2.24, 2.45) is 0 Å². The summed E-state index contributed by atoms with van der Waals surface area (Å²) in [5.74, 6) is 2.14. The van der Waals surface area contributed by atoms with E-state index < -0.39 is 0 Å². The van der Waals surface area contributed by atoms with Gasteiger partial charge in [0.15, 0.2) is 0 Å². The molecule has 140 valence electrons. The van der Waals surface area contributed by atoms with Gasteiger partial charge in [0, 0.05) is 11.4 Å². The lowest BCUT2D eigenvalue weighted by Crippen LogP contribution is -2.14. The molecule has 0 aliphatic carbocycles. The van der Waals surface area contributed by atoms with E-state index in [0.717, 1.165) is 17.2 Å². The van der Waals surface area contributed by atoms with Gasteiger partial charge in [-0.25, -0.2) is 0 Å². The van der Waals surface area contributed by atoms with Crippen LogP contribution in [0.2, 0.25) is 0 Å². The number of carbonyl (C=O) groups is 1.